The zero-order chi connectivity index (χ0) is 28.6. The third-order valence-corrected chi connectivity index (χ3v) is 10.5. The van der Waals surface area contributed by atoms with Crippen LogP contribution in [0.25, 0.3) is 11.1 Å². The molecular weight excluding hydrogens is 542 g/mol. The number of nitrogens with zero attached hydrogens (tertiary/aromatic N) is 2. The second-order valence-corrected chi connectivity index (χ2v) is 13.1. The molecule has 1 amide bonds. The van der Waals surface area contributed by atoms with Crippen LogP contribution in [0.4, 0.5) is 0 Å². The summed E-state index contributed by atoms with van der Waals surface area (Å²) in [6, 6.07) is 21.0. The van der Waals surface area contributed by atoms with Gasteiger partial charge in [-0.25, -0.2) is 8.42 Å². The molecule has 0 radical (unpaired) electrons. The third-order valence-electron chi connectivity index (χ3n) is 8.60. The number of hydrogen-bond acceptors (Lipinski definition) is 7. The van der Waals surface area contributed by atoms with Crippen molar-refractivity contribution in [1.29, 1.82) is 0 Å². The number of piperidine rings is 1. The van der Waals surface area contributed by atoms with E-state index in [1.54, 1.807) is 24.3 Å². The Morgan fingerprint density at radius 1 is 0.951 bits per heavy atom. The SMILES string of the molecule is O=C1NC2(CCOc3cc(-c4ccccc4)ccc3S(=O)(=O)N3C[C@H](O)C[C@@H]13)CCN(Cc1ccccc1O)CC2. The molecule has 0 unspecified atom stereocenters. The number of aromatic hydroxyl groups is 1. The Labute approximate surface area is 240 Å². The number of ether oxygens (including phenoxy) is 1. The normalized spacial score (nSPS) is 24.5. The molecule has 9 nitrogen and oxygen atoms in total. The zero-order valence-corrected chi connectivity index (χ0v) is 23.6. The molecule has 2 atom stereocenters. The number of carbonyl (C=O) groups is 1. The number of hydrogen-bond donors (Lipinski definition) is 3. The minimum absolute atomic E-state index is 0.00230. The molecule has 0 saturated carbocycles. The second kappa shape index (κ2) is 11.1. The molecule has 2 saturated heterocycles. The lowest BCUT2D eigenvalue weighted by Crippen LogP contribution is -2.59. The van der Waals surface area contributed by atoms with Gasteiger partial charge >= 0.3 is 0 Å². The van der Waals surface area contributed by atoms with Gasteiger partial charge in [0, 0.05) is 50.1 Å². The van der Waals surface area contributed by atoms with Crippen LogP contribution in [0.2, 0.25) is 0 Å². The predicted octanol–water partition coefficient (Wildman–Crippen LogP) is 3.12. The van der Waals surface area contributed by atoms with E-state index in [-0.39, 0.29) is 41.9 Å². The summed E-state index contributed by atoms with van der Waals surface area (Å²) in [6.45, 7) is 2.07. The van der Waals surface area contributed by atoms with Crippen molar-refractivity contribution in [2.24, 2.45) is 0 Å². The Morgan fingerprint density at radius 3 is 2.44 bits per heavy atom. The number of sulfonamides is 1. The topological polar surface area (TPSA) is 119 Å². The van der Waals surface area contributed by atoms with Crippen LogP contribution < -0.4 is 10.1 Å². The lowest BCUT2D eigenvalue weighted by molar-refractivity contribution is -0.127. The van der Waals surface area contributed by atoms with E-state index < -0.39 is 27.7 Å². The average molecular weight is 578 g/mol. The molecule has 3 heterocycles. The lowest BCUT2D eigenvalue weighted by atomic mass is 9.84. The average Bonchev–Trinajstić information content (AvgIpc) is 3.38. The maximum absolute atomic E-state index is 13.9. The number of amides is 1. The number of benzene rings is 3. The van der Waals surface area contributed by atoms with E-state index in [9.17, 15) is 23.4 Å². The van der Waals surface area contributed by atoms with Crippen LogP contribution in [-0.2, 0) is 21.4 Å². The van der Waals surface area contributed by atoms with Crippen molar-refractivity contribution in [3.63, 3.8) is 0 Å². The van der Waals surface area contributed by atoms with Crippen molar-refractivity contribution >= 4 is 15.9 Å². The van der Waals surface area contributed by atoms with E-state index in [0.717, 1.165) is 21.0 Å². The zero-order valence-electron chi connectivity index (χ0n) is 22.8. The molecule has 10 heteroatoms. The summed E-state index contributed by atoms with van der Waals surface area (Å²) in [5, 5.41) is 23.9. The van der Waals surface area contributed by atoms with Crippen LogP contribution in [0.5, 0.6) is 11.5 Å². The number of likely N-dealkylation sites (tertiary alicyclic amines) is 1. The fourth-order valence-electron chi connectivity index (χ4n) is 6.22. The van der Waals surface area contributed by atoms with Gasteiger partial charge in [0.1, 0.15) is 22.4 Å². The van der Waals surface area contributed by atoms with E-state index in [4.69, 9.17) is 4.74 Å². The van der Waals surface area contributed by atoms with Gasteiger partial charge in [-0.3, -0.25) is 9.69 Å². The molecule has 41 heavy (non-hydrogen) atoms. The summed E-state index contributed by atoms with van der Waals surface area (Å²) < 4.78 is 35.2. The number of carbonyl (C=O) groups excluding carboxylic acids is 1. The molecule has 3 N–H and O–H groups in total. The van der Waals surface area contributed by atoms with Crippen LogP contribution in [0.15, 0.2) is 77.7 Å². The molecule has 6 rings (SSSR count). The highest BCUT2D eigenvalue weighted by Gasteiger charge is 2.47. The minimum atomic E-state index is -4.13. The molecule has 3 aliphatic heterocycles. The largest absolute Gasteiger partial charge is 0.508 e. The van der Waals surface area contributed by atoms with Crippen LogP contribution >= 0.6 is 0 Å². The number of aliphatic hydroxyl groups excluding tert-OH is 1. The van der Waals surface area contributed by atoms with Crippen molar-refractivity contribution in [3.05, 3.63) is 78.4 Å². The van der Waals surface area contributed by atoms with E-state index in [1.807, 2.05) is 42.5 Å². The molecule has 0 aliphatic carbocycles. The number of nitrogens with one attached hydrogen (secondary N) is 1. The van der Waals surface area contributed by atoms with Crippen LogP contribution in [0, 0.1) is 0 Å². The fourth-order valence-corrected chi connectivity index (χ4v) is 7.97. The first-order valence-corrected chi connectivity index (χ1v) is 15.5. The highest BCUT2D eigenvalue weighted by molar-refractivity contribution is 7.89. The van der Waals surface area contributed by atoms with Gasteiger partial charge in [-0.1, -0.05) is 54.6 Å². The quantitative estimate of drug-likeness (QED) is 0.438. The summed E-state index contributed by atoms with van der Waals surface area (Å²) in [7, 11) is -4.13. The highest BCUT2D eigenvalue weighted by Crippen LogP contribution is 2.37. The molecular formula is C31H35N3O6S. The summed E-state index contributed by atoms with van der Waals surface area (Å²) in [5.74, 6) is 0.121. The van der Waals surface area contributed by atoms with Gasteiger partial charge in [-0.05, 0) is 42.2 Å². The van der Waals surface area contributed by atoms with Crippen molar-refractivity contribution < 1.29 is 28.2 Å². The lowest BCUT2D eigenvalue weighted by Gasteiger charge is -2.43. The number of fused-ring (bicyclic) bond motifs is 2. The monoisotopic (exact) mass is 577 g/mol. The first-order valence-electron chi connectivity index (χ1n) is 14.1. The summed E-state index contributed by atoms with van der Waals surface area (Å²) in [4.78, 5) is 15.9. The molecule has 3 aliphatic rings. The number of phenolic OH excluding ortho intramolecular Hbond substituents is 1. The molecule has 216 valence electrons. The first-order chi connectivity index (χ1) is 19.7. The van der Waals surface area contributed by atoms with Crippen LogP contribution in [-0.4, -0.2) is 77.7 Å². The van der Waals surface area contributed by atoms with Crippen LogP contribution in [0.1, 0.15) is 31.2 Å². The Balaban J connectivity index is 1.30. The van der Waals surface area contributed by atoms with E-state index >= 15 is 0 Å². The molecule has 1 spiro atoms. The highest BCUT2D eigenvalue weighted by atomic mass is 32.2. The molecule has 3 aromatic rings. The standard InChI is InChI=1S/C31H35N3O6S/c35-25-19-26-30(37)32-31(12-15-33(16-13-31)20-24-8-4-5-9-27(24)36)14-17-40-28-18-23(22-6-2-1-3-7-22)10-11-29(28)41(38,39)34(26)21-25/h1-11,18,25-26,35-36H,12-17,19-21H2,(H,32,37)/t25-,26+/m1/s1. The number of phenols is 1. The van der Waals surface area contributed by atoms with Crippen LogP contribution in [0.3, 0.4) is 0 Å². The van der Waals surface area contributed by atoms with Gasteiger partial charge in [0.15, 0.2) is 0 Å². The smallest absolute Gasteiger partial charge is 0.247 e. The minimum Gasteiger partial charge on any atom is -0.508 e. The Bertz CT molecular complexity index is 1520. The Kier molecular flexibility index (Phi) is 7.50. The van der Waals surface area contributed by atoms with Gasteiger partial charge in [-0.15, -0.1) is 0 Å². The number of para-hydroxylation sites is 1. The van der Waals surface area contributed by atoms with E-state index in [0.29, 0.717) is 38.9 Å². The molecule has 0 bridgehead atoms. The molecule has 2 fully saturated rings. The Hall–Kier alpha value is -3.44. The summed E-state index contributed by atoms with van der Waals surface area (Å²) in [5.41, 5.74) is 2.03. The van der Waals surface area contributed by atoms with Crippen molar-refractivity contribution in [2.45, 2.75) is 54.8 Å². The summed E-state index contributed by atoms with van der Waals surface area (Å²) >= 11 is 0. The maximum atomic E-state index is 13.9. The second-order valence-electron chi connectivity index (χ2n) is 11.3. The van der Waals surface area contributed by atoms with Gasteiger partial charge in [0.25, 0.3) is 0 Å². The predicted molar refractivity (Wildman–Crippen MR) is 154 cm³/mol. The number of aliphatic hydroxyl groups is 1. The van der Waals surface area contributed by atoms with Gasteiger partial charge < -0.3 is 20.3 Å². The van der Waals surface area contributed by atoms with Gasteiger partial charge in [0.05, 0.1) is 12.7 Å². The Morgan fingerprint density at radius 2 is 1.68 bits per heavy atom. The van der Waals surface area contributed by atoms with Gasteiger partial charge in [-0.2, -0.15) is 4.31 Å². The third kappa shape index (κ3) is 5.57. The van der Waals surface area contributed by atoms with Crippen molar-refractivity contribution in [3.8, 4) is 22.6 Å². The molecule has 3 aromatic carbocycles. The van der Waals surface area contributed by atoms with Crippen molar-refractivity contribution in [1.82, 2.24) is 14.5 Å². The molecule has 0 aromatic heterocycles. The first kappa shape index (κ1) is 27.7. The summed E-state index contributed by atoms with van der Waals surface area (Å²) in [6.07, 6.45) is 0.906. The van der Waals surface area contributed by atoms with Crippen molar-refractivity contribution in [2.75, 3.05) is 26.2 Å². The van der Waals surface area contributed by atoms with Gasteiger partial charge in [0.2, 0.25) is 15.9 Å². The van der Waals surface area contributed by atoms with E-state index in [1.165, 1.54) is 6.07 Å². The fraction of sp³-hybridized carbons (Fsp3) is 0.387. The van der Waals surface area contributed by atoms with E-state index in [2.05, 4.69) is 10.2 Å². The number of rotatable bonds is 3. The maximum Gasteiger partial charge on any atom is 0.247 e.